The zero-order valence-electron chi connectivity index (χ0n) is 42.9. The van der Waals surface area contributed by atoms with Crippen LogP contribution >= 0.6 is 0 Å². The number of guanidine groups is 1. The SMILES string of the molecule is CC[C@H](C)[C@@H]([C@@H](CC(=O)N1CCC[C@H]1[C@H](OC)[C@@H](C)C(=O)N[C@@H](Cc1ccccc1)C(=O)Nc1ccc(CNC(=O)OCc2ccccc2)cc1)OC)N(C)C(=O)[C@@H](N=C(N(C)C)N(C)C)C(C)C. The van der Waals surface area contributed by atoms with Gasteiger partial charge in [-0.15, -0.1) is 0 Å². The van der Waals surface area contributed by atoms with Crippen LogP contribution in [0.5, 0.6) is 0 Å². The van der Waals surface area contributed by atoms with E-state index in [0.29, 0.717) is 24.6 Å². The second kappa shape index (κ2) is 27.3. The number of alkyl carbamates (subject to hydrolysis) is 1. The number of likely N-dealkylation sites (tertiary alicyclic amines) is 1. The quantitative estimate of drug-likeness (QED) is 0.0734. The second-order valence-electron chi connectivity index (χ2n) is 18.8. The van der Waals surface area contributed by atoms with Crippen LogP contribution in [0.4, 0.5) is 10.5 Å². The summed E-state index contributed by atoms with van der Waals surface area (Å²) in [6, 6.07) is 23.5. The third kappa shape index (κ3) is 16.0. The summed E-state index contributed by atoms with van der Waals surface area (Å²) in [4.78, 5) is 81.6. The number of carbonyl (C=O) groups excluding carboxylic acids is 5. The van der Waals surface area contributed by atoms with E-state index < -0.39 is 60.2 Å². The van der Waals surface area contributed by atoms with Crippen molar-refractivity contribution in [1.29, 1.82) is 0 Å². The predicted molar refractivity (Wildman–Crippen MR) is 270 cm³/mol. The summed E-state index contributed by atoms with van der Waals surface area (Å²) in [6.07, 6.45) is 0.486. The lowest BCUT2D eigenvalue weighted by atomic mass is 9.89. The van der Waals surface area contributed by atoms with Crippen LogP contribution in [-0.2, 0) is 53.0 Å². The number of hydrogen-bond acceptors (Lipinski definition) is 9. The number of hydrogen-bond donors (Lipinski definition) is 3. The molecule has 1 fully saturated rings. The molecule has 3 aromatic rings. The summed E-state index contributed by atoms with van der Waals surface area (Å²) < 4.78 is 17.5. The summed E-state index contributed by atoms with van der Waals surface area (Å²) in [7, 11) is 12.5. The maximum absolute atomic E-state index is 14.5. The molecule has 0 unspecified atom stereocenters. The highest BCUT2D eigenvalue weighted by atomic mass is 16.5. The van der Waals surface area contributed by atoms with Gasteiger partial charge in [-0.25, -0.2) is 9.79 Å². The Kier molecular flexibility index (Phi) is 22.0. The van der Waals surface area contributed by atoms with Crippen LogP contribution in [0, 0.1) is 17.8 Å². The normalized spacial score (nSPS) is 16.5. The Hall–Kier alpha value is -6.00. The maximum Gasteiger partial charge on any atom is 0.407 e. The second-order valence-corrected chi connectivity index (χ2v) is 18.8. The van der Waals surface area contributed by atoms with Gasteiger partial charge in [-0.05, 0) is 53.5 Å². The Morgan fingerprint density at radius 3 is 1.94 bits per heavy atom. The fourth-order valence-electron chi connectivity index (χ4n) is 9.01. The predicted octanol–water partition coefficient (Wildman–Crippen LogP) is 6.20. The van der Waals surface area contributed by atoms with Crippen molar-refractivity contribution in [3.63, 3.8) is 0 Å². The molecular weight excluding hydrogens is 877 g/mol. The first kappa shape index (κ1) is 55.6. The van der Waals surface area contributed by atoms with Crippen molar-refractivity contribution >= 4 is 41.4 Å². The van der Waals surface area contributed by atoms with Gasteiger partial charge >= 0.3 is 6.09 Å². The molecule has 0 aromatic heterocycles. The molecule has 16 heteroatoms. The summed E-state index contributed by atoms with van der Waals surface area (Å²) in [5, 5.41) is 8.70. The Labute approximate surface area is 410 Å². The lowest BCUT2D eigenvalue weighted by Crippen LogP contribution is -2.55. The molecule has 0 radical (unpaired) electrons. The molecular formula is C53H78N8O8. The summed E-state index contributed by atoms with van der Waals surface area (Å²) in [6.45, 7) is 10.7. The number of anilines is 1. The van der Waals surface area contributed by atoms with Crippen molar-refractivity contribution in [2.24, 2.45) is 22.7 Å². The molecule has 3 N–H and O–H groups in total. The largest absolute Gasteiger partial charge is 0.445 e. The highest BCUT2D eigenvalue weighted by Crippen LogP contribution is 2.30. The van der Waals surface area contributed by atoms with Gasteiger partial charge in [0.25, 0.3) is 0 Å². The lowest BCUT2D eigenvalue weighted by Gasteiger charge is -2.40. The summed E-state index contributed by atoms with van der Waals surface area (Å²) in [5.41, 5.74) is 3.06. The van der Waals surface area contributed by atoms with Gasteiger partial charge in [0.05, 0.1) is 36.6 Å². The molecule has 1 aliphatic rings. The highest BCUT2D eigenvalue weighted by molar-refractivity contribution is 5.97. The maximum atomic E-state index is 14.5. The van der Waals surface area contributed by atoms with Crippen molar-refractivity contribution in [1.82, 2.24) is 30.2 Å². The number of methoxy groups -OCH3 is 2. The van der Waals surface area contributed by atoms with E-state index in [0.717, 1.165) is 29.5 Å². The van der Waals surface area contributed by atoms with Gasteiger partial charge in [-0.2, -0.15) is 0 Å². The summed E-state index contributed by atoms with van der Waals surface area (Å²) >= 11 is 0. The van der Waals surface area contributed by atoms with Crippen molar-refractivity contribution in [2.45, 2.75) is 116 Å². The van der Waals surface area contributed by atoms with E-state index >= 15 is 0 Å². The van der Waals surface area contributed by atoms with E-state index in [4.69, 9.17) is 19.2 Å². The fraction of sp³-hybridized carbons (Fsp3) is 0.547. The Morgan fingerprint density at radius 1 is 0.783 bits per heavy atom. The van der Waals surface area contributed by atoms with Crippen molar-refractivity contribution in [3.8, 4) is 0 Å². The van der Waals surface area contributed by atoms with Crippen LogP contribution in [0.15, 0.2) is 89.9 Å². The van der Waals surface area contributed by atoms with Gasteiger partial charge in [0, 0.05) is 74.7 Å². The molecule has 8 atom stereocenters. The molecule has 16 nitrogen and oxygen atoms in total. The first-order chi connectivity index (χ1) is 32.9. The molecule has 1 heterocycles. The van der Waals surface area contributed by atoms with E-state index in [-0.39, 0.29) is 49.6 Å². The Balaban J connectivity index is 1.45. The van der Waals surface area contributed by atoms with Gasteiger partial charge < -0.3 is 49.8 Å². The minimum absolute atomic E-state index is 0.00817. The number of nitrogens with one attached hydrogen (secondary N) is 3. The zero-order valence-corrected chi connectivity index (χ0v) is 42.9. The summed E-state index contributed by atoms with van der Waals surface area (Å²) in [5.74, 6) is -1.27. The molecule has 69 heavy (non-hydrogen) atoms. The molecule has 1 aliphatic heterocycles. The number of ether oxygens (including phenoxy) is 3. The van der Waals surface area contributed by atoms with E-state index in [1.807, 2.05) is 113 Å². The number of nitrogens with zero attached hydrogens (tertiary/aromatic N) is 5. The topological polar surface area (TPSA) is 174 Å². The van der Waals surface area contributed by atoms with Crippen molar-refractivity contribution < 1.29 is 38.2 Å². The Morgan fingerprint density at radius 2 is 1.39 bits per heavy atom. The number of rotatable bonds is 23. The monoisotopic (exact) mass is 955 g/mol. The van der Waals surface area contributed by atoms with E-state index in [1.54, 1.807) is 62.3 Å². The molecule has 0 aliphatic carbocycles. The molecule has 3 aromatic carbocycles. The third-order valence-corrected chi connectivity index (χ3v) is 13.0. The standard InChI is InChI=1S/C53H78N8O8/c1-13-36(4)47(60(10)51(65)46(35(2)3)57-52(58(6)7)59(8)9)44(67-11)32-45(62)61-30-20-25-43(61)48(68-12)37(5)49(63)56-42(31-38-21-16-14-17-22-38)50(64)55-41-28-26-39(27-29-41)33-54-53(66)69-34-40-23-18-15-19-24-40/h14-19,21-24,26-29,35-37,42-44,46-48H,13,20,25,30-34H2,1-12H3,(H,54,66)(H,55,64)(H,56,63)/t36-,37+,42-,43-,44+,46-,47-,48+/m0/s1. The molecule has 0 saturated carbocycles. The van der Waals surface area contributed by atoms with Gasteiger partial charge in [0.2, 0.25) is 23.6 Å². The number of carbonyl (C=O) groups is 5. The minimum atomic E-state index is -0.945. The van der Waals surface area contributed by atoms with E-state index in [9.17, 15) is 24.0 Å². The highest BCUT2D eigenvalue weighted by Gasteiger charge is 2.43. The average Bonchev–Trinajstić information content (AvgIpc) is 3.82. The molecule has 5 amide bonds. The van der Waals surface area contributed by atoms with Crippen LogP contribution in [-0.4, -0.2) is 148 Å². The van der Waals surface area contributed by atoms with Gasteiger partial charge in [0.15, 0.2) is 5.96 Å². The van der Waals surface area contributed by atoms with E-state index in [2.05, 4.69) is 29.8 Å². The average molecular weight is 955 g/mol. The molecule has 0 bridgehead atoms. The van der Waals surface area contributed by atoms with Crippen LogP contribution in [0.2, 0.25) is 0 Å². The first-order valence-electron chi connectivity index (χ1n) is 24.1. The fourth-order valence-corrected chi connectivity index (χ4v) is 9.01. The smallest absolute Gasteiger partial charge is 0.407 e. The minimum Gasteiger partial charge on any atom is -0.445 e. The molecule has 378 valence electrons. The number of benzene rings is 3. The first-order valence-corrected chi connectivity index (χ1v) is 24.1. The lowest BCUT2D eigenvalue weighted by molar-refractivity contribution is -0.146. The van der Waals surface area contributed by atoms with E-state index in [1.165, 1.54) is 0 Å². The number of aliphatic imine (C=N–C) groups is 1. The number of amides is 5. The van der Waals surface area contributed by atoms with Gasteiger partial charge in [0.1, 0.15) is 18.7 Å². The Bertz CT molecular complexity index is 2110. The molecule has 0 spiro atoms. The zero-order chi connectivity index (χ0) is 50.8. The van der Waals surface area contributed by atoms with Gasteiger partial charge in [-0.3, -0.25) is 19.2 Å². The molecule has 1 saturated heterocycles. The van der Waals surface area contributed by atoms with Crippen molar-refractivity contribution in [2.75, 3.05) is 61.3 Å². The van der Waals surface area contributed by atoms with Gasteiger partial charge in [-0.1, -0.05) is 114 Å². The number of likely N-dealkylation sites (N-methyl/N-ethyl adjacent to an activating group) is 1. The van der Waals surface area contributed by atoms with Crippen molar-refractivity contribution in [3.05, 3.63) is 102 Å². The van der Waals surface area contributed by atoms with Crippen LogP contribution < -0.4 is 16.0 Å². The van der Waals surface area contributed by atoms with Crippen LogP contribution in [0.1, 0.15) is 77.0 Å². The van der Waals surface area contributed by atoms with Crippen LogP contribution in [0.25, 0.3) is 0 Å². The van der Waals surface area contributed by atoms with Crippen LogP contribution in [0.3, 0.4) is 0 Å². The molecule has 4 rings (SSSR count). The third-order valence-electron chi connectivity index (χ3n) is 13.0.